The molecule has 0 saturated heterocycles. The van der Waals surface area contributed by atoms with Crippen LogP contribution in [0.15, 0.2) is 24.3 Å². The fourth-order valence-corrected chi connectivity index (χ4v) is 1.88. The van der Waals surface area contributed by atoms with E-state index in [1.54, 1.807) is 0 Å². The third-order valence-corrected chi connectivity index (χ3v) is 3.20. The van der Waals surface area contributed by atoms with Gasteiger partial charge in [0.15, 0.2) is 0 Å². The van der Waals surface area contributed by atoms with E-state index in [1.165, 1.54) is 5.56 Å². The number of rotatable bonds is 5. The summed E-state index contributed by atoms with van der Waals surface area (Å²) in [5, 5.41) is 2.95. The van der Waals surface area contributed by atoms with Crippen molar-refractivity contribution in [3.8, 4) is 0 Å². The number of carbonyl (C=O) groups is 1. The lowest BCUT2D eigenvalue weighted by Gasteiger charge is -2.21. The van der Waals surface area contributed by atoms with Gasteiger partial charge in [0.25, 0.3) is 0 Å². The predicted molar refractivity (Wildman–Crippen MR) is 82.8 cm³/mol. The zero-order chi connectivity index (χ0) is 15.3. The van der Waals surface area contributed by atoms with E-state index in [0.29, 0.717) is 0 Å². The lowest BCUT2D eigenvalue weighted by Crippen LogP contribution is -2.31. The van der Waals surface area contributed by atoms with E-state index in [4.69, 9.17) is 4.74 Å². The average molecular weight is 277 g/mol. The molecular weight excluding hydrogens is 250 g/mol. The summed E-state index contributed by atoms with van der Waals surface area (Å²) >= 11 is 0. The largest absolute Gasteiger partial charge is 0.369 e. The molecular formula is C17H27NO2. The Morgan fingerprint density at radius 2 is 1.70 bits per heavy atom. The van der Waals surface area contributed by atoms with Gasteiger partial charge >= 0.3 is 0 Å². The topological polar surface area (TPSA) is 38.3 Å². The summed E-state index contributed by atoms with van der Waals surface area (Å²) in [6.07, 6.45) is 0.0714. The van der Waals surface area contributed by atoms with Gasteiger partial charge in [-0.25, -0.2) is 0 Å². The van der Waals surface area contributed by atoms with Gasteiger partial charge in [-0.3, -0.25) is 4.79 Å². The van der Waals surface area contributed by atoms with Gasteiger partial charge in [-0.2, -0.15) is 0 Å². The number of hydrogen-bond donors (Lipinski definition) is 1. The zero-order valence-electron chi connectivity index (χ0n) is 13.5. The summed E-state index contributed by atoms with van der Waals surface area (Å²) in [5.74, 6) is -0.0777. The Labute approximate surface area is 122 Å². The van der Waals surface area contributed by atoms with Crippen LogP contribution in [0.1, 0.15) is 58.7 Å². The lowest BCUT2D eigenvalue weighted by molar-refractivity contribution is -0.127. The minimum absolute atomic E-state index is 0.00715. The Morgan fingerprint density at radius 1 is 1.15 bits per heavy atom. The van der Waals surface area contributed by atoms with Gasteiger partial charge < -0.3 is 10.1 Å². The Hall–Kier alpha value is -1.35. The van der Waals surface area contributed by atoms with E-state index in [-0.39, 0.29) is 30.1 Å². The van der Waals surface area contributed by atoms with Crippen molar-refractivity contribution in [3.05, 3.63) is 35.4 Å². The van der Waals surface area contributed by atoms with Crippen LogP contribution in [0.4, 0.5) is 0 Å². The maximum Gasteiger partial charge on any atom is 0.246 e. The van der Waals surface area contributed by atoms with Crippen molar-refractivity contribution in [3.63, 3.8) is 0 Å². The molecule has 1 aromatic rings. The first-order chi connectivity index (χ1) is 9.20. The molecule has 3 nitrogen and oxygen atoms in total. The molecule has 0 aliphatic heterocycles. The monoisotopic (exact) mass is 277 g/mol. The first-order valence-corrected chi connectivity index (χ1v) is 7.21. The molecule has 1 N–H and O–H groups in total. The van der Waals surface area contributed by atoms with Crippen molar-refractivity contribution in [2.45, 2.75) is 59.1 Å². The molecule has 0 bridgehead atoms. The number of amides is 1. The highest BCUT2D eigenvalue weighted by Gasteiger charge is 2.15. The van der Waals surface area contributed by atoms with Crippen molar-refractivity contribution in [1.82, 2.24) is 5.32 Å². The molecule has 0 aromatic heterocycles. The fraction of sp³-hybridized carbons (Fsp3) is 0.588. The van der Waals surface area contributed by atoms with Gasteiger partial charge in [-0.05, 0) is 37.3 Å². The molecule has 0 aliphatic carbocycles. The molecule has 0 heterocycles. The minimum atomic E-state index is -0.0777. The van der Waals surface area contributed by atoms with Crippen molar-refractivity contribution in [2.75, 3.05) is 6.61 Å². The maximum atomic E-state index is 11.7. The Balaban J connectivity index is 2.60. The smallest absolute Gasteiger partial charge is 0.246 e. The normalized spacial score (nSPS) is 13.3. The Morgan fingerprint density at radius 3 is 2.15 bits per heavy atom. The first kappa shape index (κ1) is 16.7. The summed E-state index contributed by atoms with van der Waals surface area (Å²) in [4.78, 5) is 11.7. The highest BCUT2D eigenvalue weighted by Crippen LogP contribution is 2.23. The SMILES string of the molecule is CC(C)OCC(=O)NC(C)c1ccc(C(C)(C)C)cc1. The highest BCUT2D eigenvalue weighted by atomic mass is 16.5. The van der Waals surface area contributed by atoms with Gasteiger partial charge in [0.1, 0.15) is 6.61 Å². The number of ether oxygens (including phenoxy) is 1. The summed E-state index contributed by atoms with van der Waals surface area (Å²) in [6.45, 7) is 12.5. The highest BCUT2D eigenvalue weighted by molar-refractivity contribution is 5.77. The average Bonchev–Trinajstić information content (AvgIpc) is 2.35. The van der Waals surface area contributed by atoms with Crippen LogP contribution in [-0.4, -0.2) is 18.6 Å². The third-order valence-electron chi connectivity index (χ3n) is 3.20. The lowest BCUT2D eigenvalue weighted by atomic mass is 9.86. The standard InChI is InChI=1S/C17H27NO2/c1-12(2)20-11-16(19)18-13(3)14-7-9-15(10-8-14)17(4,5)6/h7-10,12-13H,11H2,1-6H3,(H,18,19). The number of hydrogen-bond acceptors (Lipinski definition) is 2. The van der Waals surface area contributed by atoms with Gasteiger partial charge in [-0.15, -0.1) is 0 Å². The first-order valence-electron chi connectivity index (χ1n) is 7.21. The molecule has 112 valence electrons. The van der Waals surface area contributed by atoms with Crippen LogP contribution in [0.5, 0.6) is 0 Å². The molecule has 0 saturated carbocycles. The minimum Gasteiger partial charge on any atom is -0.369 e. The van der Waals surface area contributed by atoms with Crippen LogP contribution in [0.25, 0.3) is 0 Å². The van der Waals surface area contributed by atoms with Crippen LogP contribution in [0.3, 0.4) is 0 Å². The number of nitrogens with one attached hydrogen (secondary N) is 1. The van der Waals surface area contributed by atoms with E-state index in [0.717, 1.165) is 5.56 Å². The van der Waals surface area contributed by atoms with Crippen LogP contribution in [0.2, 0.25) is 0 Å². The number of benzene rings is 1. The molecule has 1 aromatic carbocycles. The van der Waals surface area contributed by atoms with Crippen LogP contribution in [0, 0.1) is 0 Å². The van der Waals surface area contributed by atoms with Crippen molar-refractivity contribution in [2.24, 2.45) is 0 Å². The van der Waals surface area contributed by atoms with Gasteiger partial charge in [0.05, 0.1) is 12.1 Å². The molecule has 1 amide bonds. The fourth-order valence-electron chi connectivity index (χ4n) is 1.88. The summed E-state index contributed by atoms with van der Waals surface area (Å²) in [7, 11) is 0. The van der Waals surface area contributed by atoms with E-state index >= 15 is 0 Å². The second kappa shape index (κ2) is 6.89. The van der Waals surface area contributed by atoms with E-state index < -0.39 is 0 Å². The zero-order valence-corrected chi connectivity index (χ0v) is 13.5. The molecule has 20 heavy (non-hydrogen) atoms. The predicted octanol–water partition coefficient (Wildman–Crippen LogP) is 3.59. The van der Waals surface area contributed by atoms with Gasteiger partial charge in [-0.1, -0.05) is 45.0 Å². The van der Waals surface area contributed by atoms with Crippen molar-refractivity contribution >= 4 is 5.91 Å². The molecule has 1 unspecified atom stereocenters. The second-order valence-corrected chi connectivity index (χ2v) is 6.52. The molecule has 1 rings (SSSR count). The van der Waals surface area contributed by atoms with Crippen molar-refractivity contribution in [1.29, 1.82) is 0 Å². The van der Waals surface area contributed by atoms with E-state index in [9.17, 15) is 4.79 Å². The molecule has 3 heteroatoms. The molecule has 0 aliphatic rings. The molecule has 0 radical (unpaired) electrons. The second-order valence-electron chi connectivity index (χ2n) is 6.52. The van der Waals surface area contributed by atoms with E-state index in [1.807, 2.05) is 20.8 Å². The summed E-state index contributed by atoms with van der Waals surface area (Å²) in [5.41, 5.74) is 2.55. The summed E-state index contributed by atoms with van der Waals surface area (Å²) in [6, 6.07) is 8.40. The van der Waals surface area contributed by atoms with Crippen LogP contribution >= 0.6 is 0 Å². The number of carbonyl (C=O) groups excluding carboxylic acids is 1. The molecule has 1 atom stereocenters. The van der Waals surface area contributed by atoms with Crippen LogP contribution in [-0.2, 0) is 14.9 Å². The van der Waals surface area contributed by atoms with Gasteiger partial charge in [0, 0.05) is 0 Å². The summed E-state index contributed by atoms with van der Waals surface area (Å²) < 4.78 is 5.29. The maximum absolute atomic E-state index is 11.7. The molecule has 0 spiro atoms. The quantitative estimate of drug-likeness (QED) is 0.893. The Kier molecular flexibility index (Phi) is 5.75. The Bertz CT molecular complexity index is 429. The van der Waals surface area contributed by atoms with Crippen LogP contribution < -0.4 is 5.32 Å². The van der Waals surface area contributed by atoms with E-state index in [2.05, 4.69) is 50.4 Å². The third kappa shape index (κ3) is 5.33. The molecule has 0 fully saturated rings. The van der Waals surface area contributed by atoms with Crippen molar-refractivity contribution < 1.29 is 9.53 Å². The van der Waals surface area contributed by atoms with Gasteiger partial charge in [0.2, 0.25) is 5.91 Å².